The summed E-state index contributed by atoms with van der Waals surface area (Å²) in [6, 6.07) is 5.02. The SMILES string of the molecule is CCOC(=O)CCCOc1cc2c(=O)cc(C(=O)OCC)n(CCCC(=O)O)c2ccc1=O. The third-order valence-corrected chi connectivity index (χ3v) is 4.65. The second-order valence-electron chi connectivity index (χ2n) is 7.03. The molecule has 0 saturated heterocycles. The van der Waals surface area contributed by atoms with Gasteiger partial charge in [-0.05, 0) is 44.9 Å². The van der Waals surface area contributed by atoms with Crippen molar-refractivity contribution in [3.63, 3.8) is 0 Å². The number of esters is 2. The Morgan fingerprint density at radius 1 is 0.939 bits per heavy atom. The topological polar surface area (TPSA) is 138 Å². The number of pyridine rings is 1. The molecule has 0 saturated carbocycles. The van der Waals surface area contributed by atoms with Crippen molar-refractivity contribution in [2.75, 3.05) is 19.8 Å². The summed E-state index contributed by atoms with van der Waals surface area (Å²) in [6.07, 6.45) is 0.499. The van der Waals surface area contributed by atoms with E-state index >= 15 is 0 Å². The van der Waals surface area contributed by atoms with Crippen LogP contribution in [-0.2, 0) is 25.6 Å². The van der Waals surface area contributed by atoms with E-state index in [-0.39, 0.29) is 73.9 Å². The zero-order valence-corrected chi connectivity index (χ0v) is 18.6. The molecule has 2 aromatic rings. The number of nitrogens with zero attached hydrogens (tertiary/aromatic N) is 1. The lowest BCUT2D eigenvalue weighted by molar-refractivity contribution is -0.143. The minimum absolute atomic E-state index is 0.0321. The Hall–Kier alpha value is -3.69. The lowest BCUT2D eigenvalue weighted by Crippen LogP contribution is -2.20. The van der Waals surface area contributed by atoms with Crippen LogP contribution in [0, 0.1) is 0 Å². The maximum absolute atomic E-state index is 12.8. The number of aryl methyl sites for hydroxylation is 1. The molecule has 1 aromatic heterocycles. The van der Waals surface area contributed by atoms with E-state index in [1.165, 1.54) is 22.8 Å². The molecule has 2 rings (SSSR count). The van der Waals surface area contributed by atoms with Crippen LogP contribution in [0.3, 0.4) is 0 Å². The average molecular weight is 461 g/mol. The summed E-state index contributed by atoms with van der Waals surface area (Å²) in [7, 11) is 0. The zero-order chi connectivity index (χ0) is 24.4. The van der Waals surface area contributed by atoms with Gasteiger partial charge in [0.25, 0.3) is 0 Å². The Labute approximate surface area is 189 Å². The van der Waals surface area contributed by atoms with E-state index < -0.39 is 22.8 Å². The summed E-state index contributed by atoms with van der Waals surface area (Å²) >= 11 is 0. The van der Waals surface area contributed by atoms with Crippen molar-refractivity contribution in [3.05, 3.63) is 50.4 Å². The number of carboxylic acids is 1. The third kappa shape index (κ3) is 7.16. The summed E-state index contributed by atoms with van der Waals surface area (Å²) in [5, 5.41) is 9.08. The van der Waals surface area contributed by atoms with E-state index in [1.807, 2.05) is 0 Å². The van der Waals surface area contributed by atoms with Gasteiger partial charge in [0.2, 0.25) is 5.43 Å². The molecule has 1 aromatic carbocycles. The monoisotopic (exact) mass is 461 g/mol. The fourth-order valence-electron chi connectivity index (χ4n) is 3.19. The number of carboxylic acid groups (broad SMARTS) is 1. The molecule has 0 radical (unpaired) electrons. The van der Waals surface area contributed by atoms with Crippen molar-refractivity contribution < 1.29 is 33.7 Å². The second kappa shape index (κ2) is 12.4. The number of hydrogen-bond donors (Lipinski definition) is 1. The number of ether oxygens (including phenoxy) is 3. The predicted octanol–water partition coefficient (Wildman–Crippen LogP) is 2.13. The van der Waals surface area contributed by atoms with E-state index in [4.69, 9.17) is 19.3 Å². The van der Waals surface area contributed by atoms with Gasteiger partial charge in [0.15, 0.2) is 11.2 Å². The van der Waals surface area contributed by atoms with Crippen molar-refractivity contribution >= 4 is 28.8 Å². The first-order chi connectivity index (χ1) is 15.8. The Bertz CT molecular complexity index is 1140. The minimum atomic E-state index is -0.996. The largest absolute Gasteiger partial charge is 0.489 e. The lowest BCUT2D eigenvalue weighted by atomic mass is 10.2. The van der Waals surface area contributed by atoms with Crippen molar-refractivity contribution in [2.45, 2.75) is 46.1 Å². The lowest BCUT2D eigenvalue weighted by Gasteiger charge is -2.15. The van der Waals surface area contributed by atoms with Gasteiger partial charge in [0.05, 0.1) is 25.3 Å². The van der Waals surface area contributed by atoms with Crippen LogP contribution in [0.15, 0.2) is 33.9 Å². The molecule has 0 bridgehead atoms. The van der Waals surface area contributed by atoms with Crippen LogP contribution >= 0.6 is 0 Å². The fraction of sp³-hybridized carbons (Fsp3) is 0.435. The summed E-state index contributed by atoms with van der Waals surface area (Å²) in [5.74, 6) is -2.17. The first kappa shape index (κ1) is 25.6. The van der Waals surface area contributed by atoms with Gasteiger partial charge in [-0.1, -0.05) is 0 Å². The van der Waals surface area contributed by atoms with E-state index in [9.17, 15) is 24.0 Å². The Balaban J connectivity index is 2.46. The van der Waals surface area contributed by atoms with Crippen molar-refractivity contribution in [3.8, 4) is 5.75 Å². The molecule has 33 heavy (non-hydrogen) atoms. The van der Waals surface area contributed by atoms with Crippen molar-refractivity contribution in [1.29, 1.82) is 0 Å². The van der Waals surface area contributed by atoms with E-state index in [0.717, 1.165) is 6.07 Å². The molecular formula is C23H27NO9. The molecule has 0 spiro atoms. The molecule has 0 aliphatic rings. The molecule has 0 amide bonds. The first-order valence-electron chi connectivity index (χ1n) is 10.7. The molecule has 1 N–H and O–H groups in total. The number of carbonyl (C=O) groups excluding carboxylic acids is 2. The predicted molar refractivity (Wildman–Crippen MR) is 119 cm³/mol. The molecule has 0 unspecified atom stereocenters. The van der Waals surface area contributed by atoms with Gasteiger partial charge in [0.1, 0.15) is 5.69 Å². The van der Waals surface area contributed by atoms with Gasteiger partial charge < -0.3 is 23.9 Å². The number of fused-ring (bicyclic) bond motifs is 1. The standard InChI is InChI=1S/C23H27NO9/c1-3-31-22(29)8-6-12-33-20-13-15-16(9-10-18(20)25)24(11-5-7-21(27)28)17(14-19(15)26)23(30)32-4-2/h9-10,13-14H,3-8,11-12H2,1-2H3,(H,27,28). The highest BCUT2D eigenvalue weighted by atomic mass is 16.5. The fourth-order valence-corrected chi connectivity index (χ4v) is 3.19. The Kier molecular flexibility index (Phi) is 9.59. The van der Waals surface area contributed by atoms with Crippen LogP contribution in [0.2, 0.25) is 0 Å². The molecular weight excluding hydrogens is 434 g/mol. The molecule has 178 valence electrons. The molecule has 10 nitrogen and oxygen atoms in total. The zero-order valence-electron chi connectivity index (χ0n) is 18.6. The molecule has 0 aliphatic heterocycles. The Morgan fingerprint density at radius 3 is 2.33 bits per heavy atom. The average Bonchev–Trinajstić information content (AvgIpc) is 2.92. The van der Waals surface area contributed by atoms with Crippen molar-refractivity contribution in [1.82, 2.24) is 4.57 Å². The quantitative estimate of drug-likeness (QED) is 0.372. The van der Waals surface area contributed by atoms with E-state index in [2.05, 4.69) is 0 Å². The maximum atomic E-state index is 12.8. The van der Waals surface area contributed by atoms with Crippen LogP contribution in [0.4, 0.5) is 0 Å². The molecule has 0 aliphatic carbocycles. The Morgan fingerprint density at radius 2 is 1.67 bits per heavy atom. The van der Waals surface area contributed by atoms with Gasteiger partial charge in [-0.3, -0.25) is 19.2 Å². The van der Waals surface area contributed by atoms with Crippen LogP contribution in [0.5, 0.6) is 5.75 Å². The van der Waals surface area contributed by atoms with Gasteiger partial charge in [-0.2, -0.15) is 0 Å². The number of rotatable bonds is 12. The van der Waals surface area contributed by atoms with Gasteiger partial charge in [0, 0.05) is 30.8 Å². The first-order valence-corrected chi connectivity index (χ1v) is 10.7. The smallest absolute Gasteiger partial charge is 0.355 e. The third-order valence-electron chi connectivity index (χ3n) is 4.65. The number of hydrogen-bond acceptors (Lipinski definition) is 8. The van der Waals surface area contributed by atoms with E-state index in [1.54, 1.807) is 13.8 Å². The minimum Gasteiger partial charge on any atom is -0.489 e. The van der Waals surface area contributed by atoms with Crippen LogP contribution in [0.25, 0.3) is 10.9 Å². The van der Waals surface area contributed by atoms with Gasteiger partial charge in [-0.15, -0.1) is 0 Å². The van der Waals surface area contributed by atoms with Crippen LogP contribution in [0.1, 0.15) is 50.0 Å². The highest BCUT2D eigenvalue weighted by Gasteiger charge is 2.17. The highest BCUT2D eigenvalue weighted by molar-refractivity contribution is 5.92. The number of aliphatic carboxylic acids is 1. The number of carbonyl (C=O) groups is 3. The molecule has 0 atom stereocenters. The van der Waals surface area contributed by atoms with Crippen LogP contribution < -0.4 is 15.6 Å². The van der Waals surface area contributed by atoms with Gasteiger partial charge >= 0.3 is 17.9 Å². The normalized spacial score (nSPS) is 10.6. The maximum Gasteiger partial charge on any atom is 0.355 e. The number of aromatic nitrogens is 1. The molecule has 0 fully saturated rings. The second-order valence-corrected chi connectivity index (χ2v) is 7.03. The van der Waals surface area contributed by atoms with Crippen molar-refractivity contribution in [2.24, 2.45) is 0 Å². The summed E-state index contributed by atoms with van der Waals surface area (Å²) in [4.78, 5) is 60.1. The highest BCUT2D eigenvalue weighted by Crippen LogP contribution is 2.17. The van der Waals surface area contributed by atoms with Gasteiger partial charge in [-0.25, -0.2) is 4.79 Å². The van der Waals surface area contributed by atoms with Crippen LogP contribution in [-0.4, -0.2) is 47.4 Å². The summed E-state index contributed by atoms with van der Waals surface area (Å²) < 4.78 is 16.9. The summed E-state index contributed by atoms with van der Waals surface area (Å²) in [5.41, 5.74) is -0.768. The summed E-state index contributed by atoms with van der Waals surface area (Å²) in [6.45, 7) is 3.88. The molecule has 10 heteroatoms. The molecule has 1 heterocycles. The van der Waals surface area contributed by atoms with E-state index in [0.29, 0.717) is 6.42 Å².